The maximum absolute atomic E-state index is 12.9. The summed E-state index contributed by atoms with van der Waals surface area (Å²) in [7, 11) is 0. The maximum Gasteiger partial charge on any atom is 0.261 e. The first-order chi connectivity index (χ1) is 16.0. The zero-order valence-electron chi connectivity index (χ0n) is 18.9. The summed E-state index contributed by atoms with van der Waals surface area (Å²) >= 11 is 1.89. The van der Waals surface area contributed by atoms with Crippen molar-refractivity contribution in [2.45, 2.75) is 33.2 Å². The van der Waals surface area contributed by atoms with Crippen LogP contribution in [0.5, 0.6) is 0 Å². The molecule has 0 atom stereocenters. The number of anilines is 2. The zero-order chi connectivity index (χ0) is 23.4. The van der Waals surface area contributed by atoms with Crippen molar-refractivity contribution >= 4 is 40.1 Å². The Kier molecular flexibility index (Phi) is 7.04. The molecule has 3 aromatic rings. The number of nitriles is 1. The minimum Gasteiger partial charge on any atom is -0.338 e. The molecule has 0 unspecified atom stereocenters. The number of carbonyl (C=O) groups is 1. The molecule has 3 heterocycles. The summed E-state index contributed by atoms with van der Waals surface area (Å²) in [6.07, 6.45) is 4.11. The van der Waals surface area contributed by atoms with E-state index in [9.17, 15) is 9.59 Å². The van der Waals surface area contributed by atoms with E-state index in [4.69, 9.17) is 10.4 Å². The molecule has 8 nitrogen and oxygen atoms in total. The fourth-order valence-electron chi connectivity index (χ4n) is 3.96. The lowest BCUT2D eigenvalue weighted by Gasteiger charge is -2.27. The molecule has 5 rings (SSSR count). The van der Waals surface area contributed by atoms with Crippen molar-refractivity contribution in [3.63, 3.8) is 0 Å². The van der Waals surface area contributed by atoms with Crippen LogP contribution in [0.3, 0.4) is 0 Å². The van der Waals surface area contributed by atoms with Gasteiger partial charge in [-0.05, 0) is 55.5 Å². The van der Waals surface area contributed by atoms with Gasteiger partial charge in [-0.25, -0.2) is 0 Å². The summed E-state index contributed by atoms with van der Waals surface area (Å²) in [5, 5.41) is 15.9. The fraction of sp³-hybridized carbons (Fsp3) is 0.417. The Hall–Kier alpha value is -3.25. The first-order valence-electron chi connectivity index (χ1n) is 11.2. The molecule has 33 heavy (non-hydrogen) atoms. The van der Waals surface area contributed by atoms with Gasteiger partial charge in [0.05, 0.1) is 11.6 Å². The van der Waals surface area contributed by atoms with Gasteiger partial charge in [0.1, 0.15) is 5.39 Å². The molecular weight excluding hydrogens is 436 g/mol. The topological polar surface area (TPSA) is 107 Å². The van der Waals surface area contributed by atoms with Gasteiger partial charge in [-0.1, -0.05) is 0 Å². The zero-order valence-corrected chi connectivity index (χ0v) is 19.7. The summed E-state index contributed by atoms with van der Waals surface area (Å²) in [6.45, 7) is 5.82. The Morgan fingerprint density at radius 2 is 2.03 bits per heavy atom. The van der Waals surface area contributed by atoms with Gasteiger partial charge in [-0.2, -0.15) is 22.1 Å². The largest absolute Gasteiger partial charge is 0.338 e. The van der Waals surface area contributed by atoms with Gasteiger partial charge in [-0.3, -0.25) is 14.3 Å². The molecule has 0 bridgehead atoms. The van der Waals surface area contributed by atoms with Gasteiger partial charge in [-0.15, -0.1) is 0 Å². The minimum absolute atomic E-state index is 0.0926. The number of carbonyl (C=O) groups excluding carboxylic acids is 1. The summed E-state index contributed by atoms with van der Waals surface area (Å²) in [5.74, 6) is 3.29. The van der Waals surface area contributed by atoms with Crippen molar-refractivity contribution in [1.29, 1.82) is 5.26 Å². The van der Waals surface area contributed by atoms with E-state index < -0.39 is 0 Å². The number of nitrogens with one attached hydrogen (secondary N) is 2. The van der Waals surface area contributed by atoms with Crippen LogP contribution in [-0.2, 0) is 6.54 Å². The van der Waals surface area contributed by atoms with Gasteiger partial charge < -0.3 is 15.2 Å². The van der Waals surface area contributed by atoms with Crippen LogP contribution in [-0.4, -0.2) is 50.2 Å². The molecule has 0 spiro atoms. The third-order valence-electron chi connectivity index (χ3n) is 5.82. The second-order valence-electron chi connectivity index (χ2n) is 8.32. The van der Waals surface area contributed by atoms with E-state index >= 15 is 0 Å². The van der Waals surface area contributed by atoms with Crippen LogP contribution in [0.2, 0.25) is 0 Å². The summed E-state index contributed by atoms with van der Waals surface area (Å²) in [6, 6.07) is 9.37. The monoisotopic (exact) mass is 464 g/mol. The third-order valence-corrected chi connectivity index (χ3v) is 6.76. The highest BCUT2D eigenvalue weighted by Crippen LogP contribution is 2.33. The number of fused-ring (bicyclic) bond motifs is 1. The van der Waals surface area contributed by atoms with Crippen molar-refractivity contribution in [2.24, 2.45) is 5.92 Å². The average Bonchev–Trinajstić information content (AvgIpc) is 3.56. The van der Waals surface area contributed by atoms with E-state index in [-0.39, 0.29) is 11.5 Å². The van der Waals surface area contributed by atoms with Gasteiger partial charge >= 0.3 is 0 Å². The first kappa shape index (κ1) is 22.9. The molecule has 1 saturated carbocycles. The van der Waals surface area contributed by atoms with Gasteiger partial charge in [0, 0.05) is 55.5 Å². The van der Waals surface area contributed by atoms with Crippen molar-refractivity contribution in [2.75, 3.05) is 29.9 Å². The Balaban J connectivity index is 0.000000821. The maximum atomic E-state index is 12.9. The number of aromatic amines is 1. The smallest absolute Gasteiger partial charge is 0.261 e. The Morgan fingerprint density at radius 3 is 2.70 bits per heavy atom. The van der Waals surface area contributed by atoms with Crippen LogP contribution in [0, 0.1) is 24.2 Å². The number of rotatable bonds is 5. The minimum atomic E-state index is -0.150. The number of pyridine rings is 1. The van der Waals surface area contributed by atoms with E-state index in [2.05, 4.69) is 10.3 Å². The molecule has 1 aromatic carbocycles. The third kappa shape index (κ3) is 5.22. The molecule has 1 aliphatic carbocycles. The van der Waals surface area contributed by atoms with Gasteiger partial charge in [0.25, 0.3) is 11.5 Å². The SMILES string of the molecule is CC#N.Cc1cc(Nc2nn(CC3CC3)c3cc[nH]c(=O)c23)ccc1C(=O)N1CCSCC1. The van der Waals surface area contributed by atoms with Crippen molar-refractivity contribution in [1.82, 2.24) is 19.7 Å². The predicted octanol–water partition coefficient (Wildman–Crippen LogP) is 3.91. The summed E-state index contributed by atoms with van der Waals surface area (Å²) < 4.78 is 1.93. The number of thioether (sulfide) groups is 1. The number of hydrogen-bond donors (Lipinski definition) is 2. The lowest BCUT2D eigenvalue weighted by Crippen LogP contribution is -2.38. The number of amides is 1. The first-order valence-corrected chi connectivity index (χ1v) is 12.3. The van der Waals surface area contributed by atoms with Crippen LogP contribution in [0.15, 0.2) is 35.3 Å². The lowest BCUT2D eigenvalue weighted by molar-refractivity contribution is 0.0771. The van der Waals surface area contributed by atoms with Crippen molar-refractivity contribution in [3.05, 3.63) is 51.9 Å². The quantitative estimate of drug-likeness (QED) is 0.593. The number of aromatic nitrogens is 3. The Labute approximate surface area is 197 Å². The van der Waals surface area contributed by atoms with Crippen LogP contribution in [0.25, 0.3) is 10.9 Å². The summed E-state index contributed by atoms with van der Waals surface area (Å²) in [4.78, 5) is 30.0. The number of hydrogen-bond acceptors (Lipinski definition) is 6. The second-order valence-corrected chi connectivity index (χ2v) is 9.55. The fourth-order valence-corrected chi connectivity index (χ4v) is 4.87. The standard InChI is InChI=1S/C22H25N5O2S.C2H3N/c1-14-12-16(4-5-17(14)22(29)26-8-10-30-11-9-26)24-20-19-18(6-7-23-21(19)28)27(25-20)13-15-2-3-15;1-2-3/h4-7,12,15H,2-3,8-11,13H2,1H3,(H,23,28)(H,24,25);1H3. The Morgan fingerprint density at radius 1 is 1.30 bits per heavy atom. The molecule has 0 radical (unpaired) electrons. The second kappa shape index (κ2) is 10.1. The highest BCUT2D eigenvalue weighted by Gasteiger charge is 2.25. The molecule has 1 saturated heterocycles. The number of nitrogens with zero attached hydrogens (tertiary/aromatic N) is 4. The van der Waals surface area contributed by atoms with Gasteiger partial charge in [0.2, 0.25) is 0 Å². The molecule has 2 aromatic heterocycles. The van der Waals surface area contributed by atoms with E-state index in [0.29, 0.717) is 17.1 Å². The van der Waals surface area contributed by atoms with E-state index in [1.165, 1.54) is 19.8 Å². The van der Waals surface area contributed by atoms with E-state index in [1.807, 2.05) is 52.5 Å². The lowest BCUT2D eigenvalue weighted by atomic mass is 10.1. The van der Waals surface area contributed by atoms with Gasteiger partial charge in [0.15, 0.2) is 5.82 Å². The van der Waals surface area contributed by atoms with Crippen molar-refractivity contribution < 1.29 is 4.79 Å². The highest BCUT2D eigenvalue weighted by molar-refractivity contribution is 7.99. The molecule has 9 heteroatoms. The molecule has 1 aliphatic heterocycles. The molecule has 2 fully saturated rings. The number of benzene rings is 1. The average molecular weight is 465 g/mol. The van der Waals surface area contributed by atoms with Crippen LogP contribution in [0.4, 0.5) is 11.5 Å². The number of aryl methyl sites for hydroxylation is 1. The normalized spacial score (nSPS) is 15.5. The Bertz CT molecular complexity index is 1250. The van der Waals surface area contributed by atoms with E-state index in [0.717, 1.165) is 53.5 Å². The van der Waals surface area contributed by atoms with Crippen LogP contribution in [0.1, 0.15) is 35.7 Å². The molecule has 2 aliphatic rings. The molecule has 172 valence electrons. The molecule has 1 amide bonds. The molecule has 2 N–H and O–H groups in total. The molecular formula is C24H28N6O2S. The highest BCUT2D eigenvalue weighted by atomic mass is 32.2. The van der Waals surface area contributed by atoms with Crippen LogP contribution < -0.4 is 10.9 Å². The van der Waals surface area contributed by atoms with E-state index in [1.54, 1.807) is 12.3 Å². The predicted molar refractivity (Wildman–Crippen MR) is 132 cm³/mol. The van der Waals surface area contributed by atoms with Crippen molar-refractivity contribution in [3.8, 4) is 6.07 Å². The summed E-state index contributed by atoms with van der Waals surface area (Å²) in [5.41, 5.74) is 3.16. The number of H-pyrrole nitrogens is 1. The van der Waals surface area contributed by atoms with Crippen LogP contribution >= 0.6 is 11.8 Å².